The molecule has 2 unspecified atom stereocenters. The fourth-order valence-corrected chi connectivity index (χ4v) is 4.00. The largest absolute Gasteiger partial charge is 0.323 e. The quantitative estimate of drug-likeness (QED) is 0.934. The molecular weight excluding hydrogens is 266 g/mol. The Hall–Kier alpha value is -1.26. The van der Waals surface area contributed by atoms with Gasteiger partial charge in [-0.1, -0.05) is 35.7 Å². The average Bonchev–Trinajstić information content (AvgIpc) is 2.96. The number of fused-ring (bicyclic) bond motifs is 1. The maximum atomic E-state index is 6.43. The van der Waals surface area contributed by atoms with Gasteiger partial charge < -0.3 is 5.73 Å². The third-order valence-electron chi connectivity index (χ3n) is 4.29. The van der Waals surface area contributed by atoms with Crippen molar-refractivity contribution in [3.05, 3.63) is 46.0 Å². The Morgan fingerprint density at radius 2 is 2.25 bits per heavy atom. The summed E-state index contributed by atoms with van der Waals surface area (Å²) < 4.78 is 4.06. The molecule has 0 bridgehead atoms. The van der Waals surface area contributed by atoms with Crippen molar-refractivity contribution in [2.24, 2.45) is 5.73 Å². The highest BCUT2D eigenvalue weighted by atomic mass is 32.1. The van der Waals surface area contributed by atoms with Crippen LogP contribution in [0.5, 0.6) is 0 Å². The Labute approximate surface area is 124 Å². The van der Waals surface area contributed by atoms with Crippen LogP contribution in [-0.4, -0.2) is 9.59 Å². The van der Waals surface area contributed by atoms with Gasteiger partial charge in [-0.3, -0.25) is 0 Å². The van der Waals surface area contributed by atoms with Gasteiger partial charge in [0, 0.05) is 6.04 Å². The molecule has 2 aromatic rings. The van der Waals surface area contributed by atoms with Gasteiger partial charge in [0.05, 0.1) is 10.6 Å². The molecule has 20 heavy (non-hydrogen) atoms. The first-order chi connectivity index (χ1) is 9.79. The lowest BCUT2D eigenvalue weighted by Crippen LogP contribution is -2.18. The molecule has 1 aromatic heterocycles. The lowest BCUT2D eigenvalue weighted by Gasteiger charge is -2.27. The summed E-state index contributed by atoms with van der Waals surface area (Å²) >= 11 is 1.47. The number of hydrogen-bond donors (Lipinski definition) is 1. The van der Waals surface area contributed by atoms with Gasteiger partial charge in [-0.25, -0.2) is 0 Å². The van der Waals surface area contributed by atoms with E-state index in [1.165, 1.54) is 46.8 Å². The van der Waals surface area contributed by atoms with Gasteiger partial charge >= 0.3 is 0 Å². The summed E-state index contributed by atoms with van der Waals surface area (Å²) in [4.78, 5) is 1.18. The predicted octanol–water partition coefficient (Wildman–Crippen LogP) is 3.61. The van der Waals surface area contributed by atoms with E-state index < -0.39 is 0 Å². The Morgan fingerprint density at radius 3 is 3.10 bits per heavy atom. The van der Waals surface area contributed by atoms with Gasteiger partial charge in [0.15, 0.2) is 0 Å². The van der Waals surface area contributed by atoms with Gasteiger partial charge in [-0.05, 0) is 60.7 Å². The smallest absolute Gasteiger partial charge is 0.0800 e. The minimum Gasteiger partial charge on any atom is -0.323 e. The number of benzene rings is 1. The van der Waals surface area contributed by atoms with E-state index in [4.69, 9.17) is 5.73 Å². The highest BCUT2D eigenvalue weighted by Crippen LogP contribution is 2.37. The second-order valence-corrected chi connectivity index (χ2v) is 6.35. The summed E-state index contributed by atoms with van der Waals surface area (Å²) in [5.74, 6) is 0.585. The van der Waals surface area contributed by atoms with Crippen LogP contribution in [0.25, 0.3) is 0 Å². The first kappa shape index (κ1) is 13.7. The van der Waals surface area contributed by atoms with Crippen LogP contribution in [0, 0.1) is 0 Å². The van der Waals surface area contributed by atoms with Crippen molar-refractivity contribution in [1.29, 1.82) is 0 Å². The second-order valence-electron chi connectivity index (χ2n) is 5.57. The van der Waals surface area contributed by atoms with Gasteiger partial charge in [-0.2, -0.15) is 0 Å². The number of hydrogen-bond acceptors (Lipinski definition) is 4. The summed E-state index contributed by atoms with van der Waals surface area (Å²) in [6.07, 6.45) is 5.66. The minimum atomic E-state index is 0.0705. The van der Waals surface area contributed by atoms with E-state index in [-0.39, 0.29) is 6.04 Å². The third-order valence-corrected chi connectivity index (χ3v) is 5.19. The van der Waals surface area contributed by atoms with E-state index in [9.17, 15) is 0 Å². The number of aryl methyl sites for hydroxylation is 2. The molecule has 2 N–H and O–H groups in total. The van der Waals surface area contributed by atoms with Crippen molar-refractivity contribution in [3.8, 4) is 0 Å². The molecular formula is C16H21N3S. The second kappa shape index (κ2) is 6.02. The van der Waals surface area contributed by atoms with Crippen LogP contribution in [0.15, 0.2) is 24.3 Å². The summed E-state index contributed by atoms with van der Waals surface area (Å²) in [5.41, 5.74) is 10.5. The molecule has 0 aliphatic heterocycles. The number of rotatable bonds is 4. The number of aromatic nitrogens is 2. The molecule has 1 aliphatic rings. The molecule has 1 aliphatic carbocycles. The number of nitrogens with two attached hydrogens (primary N) is 1. The van der Waals surface area contributed by atoms with Crippen molar-refractivity contribution >= 4 is 11.5 Å². The Bertz CT molecular complexity index is 579. The van der Waals surface area contributed by atoms with Crippen LogP contribution in [0.4, 0.5) is 0 Å². The summed E-state index contributed by atoms with van der Waals surface area (Å²) in [7, 11) is 0. The Kier molecular flexibility index (Phi) is 4.13. The first-order valence-corrected chi connectivity index (χ1v) is 8.21. The third kappa shape index (κ3) is 2.63. The molecule has 106 valence electrons. The Balaban J connectivity index is 1.79. The number of nitrogens with zero attached hydrogens (tertiary/aromatic N) is 2. The van der Waals surface area contributed by atoms with E-state index >= 15 is 0 Å². The maximum Gasteiger partial charge on any atom is 0.0800 e. The fraction of sp³-hybridized carbons (Fsp3) is 0.500. The molecule has 3 rings (SSSR count). The molecule has 0 spiro atoms. The van der Waals surface area contributed by atoms with E-state index in [0.29, 0.717) is 5.92 Å². The normalized spacial score (nSPS) is 19.6. The van der Waals surface area contributed by atoms with Crippen molar-refractivity contribution in [3.63, 3.8) is 0 Å². The molecule has 0 saturated heterocycles. The van der Waals surface area contributed by atoms with Crippen molar-refractivity contribution in [1.82, 2.24) is 9.59 Å². The van der Waals surface area contributed by atoms with Crippen molar-refractivity contribution in [2.75, 3.05) is 0 Å². The lowest BCUT2D eigenvalue weighted by molar-refractivity contribution is 0.478. The first-order valence-electron chi connectivity index (χ1n) is 7.44. The van der Waals surface area contributed by atoms with Crippen molar-refractivity contribution in [2.45, 2.75) is 51.0 Å². The molecule has 2 atom stereocenters. The standard InChI is InChI=1S/C16H21N3S/c1-2-15-16(20-19-18-15)14(17)10-12-8-5-7-11-6-3-4-9-13(11)12/h3-4,6,9,12,14H,2,5,7-8,10,17H2,1H3. The predicted molar refractivity (Wildman–Crippen MR) is 83.0 cm³/mol. The van der Waals surface area contributed by atoms with Gasteiger partial charge in [0.1, 0.15) is 0 Å². The molecule has 4 heteroatoms. The zero-order chi connectivity index (χ0) is 13.9. The zero-order valence-corrected chi connectivity index (χ0v) is 12.7. The van der Waals surface area contributed by atoms with Gasteiger partial charge in [0.2, 0.25) is 0 Å². The molecule has 0 radical (unpaired) electrons. The topological polar surface area (TPSA) is 51.8 Å². The highest BCUT2D eigenvalue weighted by Gasteiger charge is 2.24. The summed E-state index contributed by atoms with van der Waals surface area (Å²) in [6.45, 7) is 2.11. The van der Waals surface area contributed by atoms with Crippen LogP contribution >= 0.6 is 11.5 Å². The highest BCUT2D eigenvalue weighted by molar-refractivity contribution is 7.05. The van der Waals surface area contributed by atoms with E-state index in [1.54, 1.807) is 0 Å². The lowest BCUT2D eigenvalue weighted by atomic mass is 9.79. The Morgan fingerprint density at radius 1 is 1.40 bits per heavy atom. The molecule has 1 aromatic carbocycles. The van der Waals surface area contributed by atoms with Crippen LogP contribution in [0.3, 0.4) is 0 Å². The van der Waals surface area contributed by atoms with Crippen LogP contribution in [0.1, 0.15) is 59.8 Å². The molecule has 0 saturated carbocycles. The molecule has 0 fully saturated rings. The van der Waals surface area contributed by atoms with Crippen LogP contribution in [-0.2, 0) is 12.8 Å². The van der Waals surface area contributed by atoms with Crippen molar-refractivity contribution < 1.29 is 0 Å². The van der Waals surface area contributed by atoms with E-state index in [2.05, 4.69) is 40.8 Å². The van der Waals surface area contributed by atoms with Gasteiger partial charge in [0.25, 0.3) is 0 Å². The minimum absolute atomic E-state index is 0.0705. The average molecular weight is 287 g/mol. The van der Waals surface area contributed by atoms with E-state index in [1.807, 2.05) is 0 Å². The fourth-order valence-electron chi connectivity index (χ4n) is 3.26. The van der Waals surface area contributed by atoms with Gasteiger partial charge in [-0.15, -0.1) is 5.10 Å². The molecule has 0 amide bonds. The SMILES string of the molecule is CCc1nnsc1C(N)CC1CCCc2ccccc21. The summed E-state index contributed by atoms with van der Waals surface area (Å²) in [5, 5.41) is 4.18. The molecule has 3 nitrogen and oxygen atoms in total. The maximum absolute atomic E-state index is 6.43. The zero-order valence-electron chi connectivity index (χ0n) is 11.9. The van der Waals surface area contributed by atoms with Crippen LogP contribution < -0.4 is 5.73 Å². The van der Waals surface area contributed by atoms with E-state index in [0.717, 1.165) is 18.5 Å². The van der Waals surface area contributed by atoms with Crippen LogP contribution in [0.2, 0.25) is 0 Å². The molecule has 1 heterocycles. The monoisotopic (exact) mass is 287 g/mol. The summed E-state index contributed by atoms with van der Waals surface area (Å²) in [6, 6.07) is 8.90.